The number of halogens is 1. The minimum Gasteiger partial charge on any atom is -0.355 e. The monoisotopic (exact) mass is 268 g/mol. The molecule has 0 fully saturated rings. The van der Waals surface area contributed by atoms with Crippen LogP contribution in [0.25, 0.3) is 0 Å². The minimum absolute atomic E-state index is 0.0459. The Hall–Kier alpha value is -1.06. The first-order chi connectivity index (χ1) is 8.58. The molecule has 0 heterocycles. The van der Waals surface area contributed by atoms with Crippen molar-refractivity contribution in [3.63, 3.8) is 0 Å². The van der Waals surface area contributed by atoms with Crippen molar-refractivity contribution >= 4 is 17.5 Å². The fourth-order valence-electron chi connectivity index (χ4n) is 1.49. The molecule has 1 rings (SSSR count). The number of benzene rings is 1. The van der Waals surface area contributed by atoms with Gasteiger partial charge in [0.2, 0.25) is 5.91 Å². The third-order valence-corrected chi connectivity index (χ3v) is 2.82. The first kappa shape index (κ1) is 15.0. The molecule has 0 spiro atoms. The van der Waals surface area contributed by atoms with E-state index < -0.39 is 0 Å². The van der Waals surface area contributed by atoms with Gasteiger partial charge in [-0.3, -0.25) is 4.79 Å². The van der Waals surface area contributed by atoms with E-state index in [2.05, 4.69) is 24.5 Å². The second kappa shape index (κ2) is 8.11. The molecule has 1 amide bonds. The highest BCUT2D eigenvalue weighted by molar-refractivity contribution is 6.30. The summed E-state index contributed by atoms with van der Waals surface area (Å²) in [6.45, 7) is 6.06. The van der Waals surface area contributed by atoms with Gasteiger partial charge >= 0.3 is 0 Å². The topological polar surface area (TPSA) is 41.1 Å². The summed E-state index contributed by atoms with van der Waals surface area (Å²) in [6, 6.07) is 7.60. The van der Waals surface area contributed by atoms with E-state index >= 15 is 0 Å². The van der Waals surface area contributed by atoms with Gasteiger partial charge in [0.05, 0.1) is 6.54 Å². The molecule has 0 aliphatic carbocycles. The van der Waals surface area contributed by atoms with Crippen LogP contribution in [-0.2, 0) is 11.3 Å². The maximum Gasteiger partial charge on any atom is 0.233 e. The maximum absolute atomic E-state index is 11.5. The SMILES string of the molecule is CC(C)CCNC(=O)CNCc1ccc(Cl)cc1. The number of carbonyl (C=O) groups is 1. The van der Waals surface area contributed by atoms with Gasteiger partial charge in [0.15, 0.2) is 0 Å². The Morgan fingerprint density at radius 2 is 1.94 bits per heavy atom. The second-order valence-corrected chi connectivity index (χ2v) is 5.20. The van der Waals surface area contributed by atoms with E-state index in [9.17, 15) is 4.79 Å². The van der Waals surface area contributed by atoms with Gasteiger partial charge in [0.1, 0.15) is 0 Å². The normalized spacial score (nSPS) is 10.7. The molecule has 3 nitrogen and oxygen atoms in total. The van der Waals surface area contributed by atoms with Gasteiger partial charge in [-0.2, -0.15) is 0 Å². The van der Waals surface area contributed by atoms with Gasteiger partial charge in [-0.25, -0.2) is 0 Å². The van der Waals surface area contributed by atoms with Crippen LogP contribution in [0.15, 0.2) is 24.3 Å². The highest BCUT2D eigenvalue weighted by Gasteiger charge is 2.01. The van der Waals surface area contributed by atoms with Crippen molar-refractivity contribution in [2.75, 3.05) is 13.1 Å². The molecule has 0 atom stereocenters. The summed E-state index contributed by atoms with van der Waals surface area (Å²) in [4.78, 5) is 11.5. The van der Waals surface area contributed by atoms with Gasteiger partial charge in [0.25, 0.3) is 0 Å². The van der Waals surface area contributed by atoms with E-state index in [0.29, 0.717) is 19.0 Å². The number of carbonyl (C=O) groups excluding carboxylic acids is 1. The van der Waals surface area contributed by atoms with Crippen molar-refractivity contribution in [3.8, 4) is 0 Å². The lowest BCUT2D eigenvalue weighted by molar-refractivity contribution is -0.120. The number of amides is 1. The van der Waals surface area contributed by atoms with Gasteiger partial charge in [-0.1, -0.05) is 37.6 Å². The fraction of sp³-hybridized carbons (Fsp3) is 0.500. The van der Waals surface area contributed by atoms with Crippen LogP contribution in [0.3, 0.4) is 0 Å². The molecule has 1 aromatic rings. The molecule has 18 heavy (non-hydrogen) atoms. The third-order valence-electron chi connectivity index (χ3n) is 2.57. The zero-order valence-corrected chi connectivity index (χ0v) is 11.8. The first-order valence-corrected chi connectivity index (χ1v) is 6.67. The standard InChI is InChI=1S/C14H21ClN2O/c1-11(2)7-8-17-14(18)10-16-9-12-3-5-13(15)6-4-12/h3-6,11,16H,7-10H2,1-2H3,(H,17,18). The lowest BCUT2D eigenvalue weighted by Crippen LogP contribution is -2.34. The average molecular weight is 269 g/mol. The van der Waals surface area contributed by atoms with Crippen molar-refractivity contribution < 1.29 is 4.79 Å². The number of rotatable bonds is 7. The van der Waals surface area contributed by atoms with Gasteiger partial charge in [-0.15, -0.1) is 0 Å². The molecule has 0 bridgehead atoms. The summed E-state index contributed by atoms with van der Waals surface area (Å²) in [7, 11) is 0. The van der Waals surface area contributed by atoms with Gasteiger partial charge in [-0.05, 0) is 30.0 Å². The summed E-state index contributed by atoms with van der Waals surface area (Å²) >= 11 is 5.79. The number of nitrogens with one attached hydrogen (secondary N) is 2. The van der Waals surface area contributed by atoms with E-state index in [1.54, 1.807) is 0 Å². The lowest BCUT2D eigenvalue weighted by atomic mass is 10.1. The Kier molecular flexibility index (Phi) is 6.76. The predicted molar refractivity (Wildman–Crippen MR) is 75.6 cm³/mol. The van der Waals surface area contributed by atoms with Crippen molar-refractivity contribution in [1.29, 1.82) is 0 Å². The summed E-state index contributed by atoms with van der Waals surface area (Å²) in [5.74, 6) is 0.664. The Balaban J connectivity index is 2.13. The summed E-state index contributed by atoms with van der Waals surface area (Å²) in [5, 5.41) is 6.72. The van der Waals surface area contributed by atoms with Crippen LogP contribution in [0.2, 0.25) is 5.02 Å². The van der Waals surface area contributed by atoms with Crippen LogP contribution in [0.4, 0.5) is 0 Å². The van der Waals surface area contributed by atoms with Crippen LogP contribution in [0.5, 0.6) is 0 Å². The Morgan fingerprint density at radius 3 is 2.56 bits per heavy atom. The van der Waals surface area contributed by atoms with E-state index in [-0.39, 0.29) is 5.91 Å². The van der Waals surface area contributed by atoms with Crippen molar-refractivity contribution in [2.45, 2.75) is 26.8 Å². The molecule has 1 aromatic carbocycles. The molecule has 0 aliphatic heterocycles. The molecule has 4 heteroatoms. The van der Waals surface area contributed by atoms with Crippen LogP contribution >= 0.6 is 11.6 Å². The summed E-state index contributed by atoms with van der Waals surface area (Å²) < 4.78 is 0. The second-order valence-electron chi connectivity index (χ2n) is 4.76. The lowest BCUT2D eigenvalue weighted by Gasteiger charge is -2.08. The first-order valence-electron chi connectivity index (χ1n) is 6.30. The quantitative estimate of drug-likeness (QED) is 0.798. The molecule has 0 unspecified atom stereocenters. The minimum atomic E-state index is 0.0459. The molecule has 0 aromatic heterocycles. The van der Waals surface area contributed by atoms with Gasteiger partial charge < -0.3 is 10.6 Å². The molecule has 0 aliphatic rings. The van der Waals surface area contributed by atoms with Crippen LogP contribution in [-0.4, -0.2) is 19.0 Å². The Labute approximate surface area is 114 Å². The van der Waals surface area contributed by atoms with Crippen LogP contribution in [0, 0.1) is 5.92 Å². The zero-order valence-electron chi connectivity index (χ0n) is 11.0. The molecule has 0 radical (unpaired) electrons. The highest BCUT2D eigenvalue weighted by atomic mass is 35.5. The van der Waals surface area contributed by atoms with Gasteiger partial charge in [0, 0.05) is 18.1 Å². The van der Waals surface area contributed by atoms with Crippen LogP contribution in [0.1, 0.15) is 25.8 Å². The maximum atomic E-state index is 11.5. The van der Waals surface area contributed by atoms with Crippen LogP contribution < -0.4 is 10.6 Å². The van der Waals surface area contributed by atoms with E-state index in [1.165, 1.54) is 0 Å². The molecule has 0 saturated carbocycles. The molecular weight excluding hydrogens is 248 g/mol. The number of hydrogen-bond donors (Lipinski definition) is 2. The fourth-order valence-corrected chi connectivity index (χ4v) is 1.61. The van der Waals surface area contributed by atoms with E-state index in [1.807, 2.05) is 24.3 Å². The number of hydrogen-bond acceptors (Lipinski definition) is 2. The smallest absolute Gasteiger partial charge is 0.233 e. The summed E-state index contributed by atoms with van der Waals surface area (Å²) in [5.41, 5.74) is 1.12. The zero-order chi connectivity index (χ0) is 13.4. The Bertz CT molecular complexity index is 363. The average Bonchev–Trinajstić information content (AvgIpc) is 2.31. The van der Waals surface area contributed by atoms with Crippen molar-refractivity contribution in [3.05, 3.63) is 34.9 Å². The van der Waals surface area contributed by atoms with Crippen molar-refractivity contribution in [1.82, 2.24) is 10.6 Å². The molecule has 2 N–H and O–H groups in total. The third kappa shape index (κ3) is 6.62. The van der Waals surface area contributed by atoms with E-state index in [0.717, 1.165) is 23.6 Å². The molecule has 0 saturated heterocycles. The molecule has 100 valence electrons. The Morgan fingerprint density at radius 1 is 1.28 bits per heavy atom. The molecular formula is C14H21ClN2O. The highest BCUT2D eigenvalue weighted by Crippen LogP contribution is 2.08. The van der Waals surface area contributed by atoms with Crippen molar-refractivity contribution in [2.24, 2.45) is 5.92 Å². The largest absolute Gasteiger partial charge is 0.355 e. The van der Waals surface area contributed by atoms with E-state index in [4.69, 9.17) is 11.6 Å². The summed E-state index contributed by atoms with van der Waals surface area (Å²) in [6.07, 6.45) is 1.02. The predicted octanol–water partition coefficient (Wildman–Crippen LogP) is 2.59.